The summed E-state index contributed by atoms with van der Waals surface area (Å²) >= 11 is 0. The van der Waals surface area contributed by atoms with Gasteiger partial charge in [-0.15, -0.1) is 0 Å². The summed E-state index contributed by atoms with van der Waals surface area (Å²) in [5.74, 6) is 0. The highest BCUT2D eigenvalue weighted by atomic mass is 15.1. The first-order valence-corrected chi connectivity index (χ1v) is 4.32. The maximum absolute atomic E-state index is 5.29. The molecule has 2 heteroatoms. The SMILES string of the molecule is C#CN(C)C(C)Cc1cccnc1. The molecule has 2 nitrogen and oxygen atoms in total. The lowest BCUT2D eigenvalue weighted by Crippen LogP contribution is -2.26. The molecule has 0 aliphatic carbocycles. The molecule has 0 aliphatic heterocycles. The molecule has 0 amide bonds. The van der Waals surface area contributed by atoms with Gasteiger partial charge in [0.25, 0.3) is 0 Å². The molecule has 0 aromatic carbocycles. The van der Waals surface area contributed by atoms with Gasteiger partial charge < -0.3 is 4.90 Å². The molecule has 1 heterocycles. The minimum atomic E-state index is 0.356. The zero-order valence-electron chi connectivity index (χ0n) is 8.07. The summed E-state index contributed by atoms with van der Waals surface area (Å²) in [6, 6.07) is 6.96. The van der Waals surface area contributed by atoms with Crippen molar-refractivity contribution in [1.29, 1.82) is 0 Å². The quantitative estimate of drug-likeness (QED) is 0.510. The van der Waals surface area contributed by atoms with Gasteiger partial charge in [0.2, 0.25) is 0 Å². The molecule has 1 unspecified atom stereocenters. The lowest BCUT2D eigenvalue weighted by Gasteiger charge is -2.19. The van der Waals surface area contributed by atoms with Gasteiger partial charge in [0.1, 0.15) is 0 Å². The Morgan fingerprint density at radius 1 is 1.69 bits per heavy atom. The molecule has 0 fully saturated rings. The van der Waals surface area contributed by atoms with Gasteiger partial charge in [-0.3, -0.25) is 4.98 Å². The zero-order chi connectivity index (χ0) is 9.68. The molecular formula is C11H14N2. The molecule has 13 heavy (non-hydrogen) atoms. The van der Waals surface area contributed by atoms with Crippen LogP contribution in [0.25, 0.3) is 0 Å². The van der Waals surface area contributed by atoms with Crippen molar-refractivity contribution in [2.45, 2.75) is 19.4 Å². The van der Waals surface area contributed by atoms with Crippen molar-refractivity contribution in [1.82, 2.24) is 9.88 Å². The Labute approximate surface area is 79.6 Å². The van der Waals surface area contributed by atoms with Crippen LogP contribution in [0.3, 0.4) is 0 Å². The molecule has 0 spiro atoms. The van der Waals surface area contributed by atoms with E-state index in [9.17, 15) is 0 Å². The number of rotatable bonds is 3. The van der Waals surface area contributed by atoms with E-state index in [2.05, 4.69) is 24.0 Å². The number of pyridine rings is 1. The topological polar surface area (TPSA) is 16.1 Å². The Bertz CT molecular complexity index is 287. The van der Waals surface area contributed by atoms with Gasteiger partial charge >= 0.3 is 0 Å². The third kappa shape index (κ3) is 2.79. The molecule has 1 aromatic rings. The lowest BCUT2D eigenvalue weighted by molar-refractivity contribution is 0.370. The van der Waals surface area contributed by atoms with Gasteiger partial charge in [0, 0.05) is 31.5 Å². The van der Waals surface area contributed by atoms with Crippen LogP contribution in [-0.2, 0) is 6.42 Å². The molecule has 0 saturated carbocycles. The predicted octanol–water partition coefficient (Wildman–Crippen LogP) is 1.54. The van der Waals surface area contributed by atoms with E-state index < -0.39 is 0 Å². The average molecular weight is 174 g/mol. The molecule has 1 rings (SSSR count). The lowest BCUT2D eigenvalue weighted by atomic mass is 10.1. The van der Waals surface area contributed by atoms with Crippen molar-refractivity contribution in [3.05, 3.63) is 30.1 Å². The molecule has 1 atom stereocenters. The molecular weight excluding hydrogens is 160 g/mol. The van der Waals surface area contributed by atoms with Gasteiger partial charge in [-0.25, -0.2) is 0 Å². The number of likely N-dealkylation sites (N-methyl/N-ethyl adjacent to an activating group) is 1. The third-order valence-electron chi connectivity index (χ3n) is 2.12. The fraction of sp³-hybridized carbons (Fsp3) is 0.364. The largest absolute Gasteiger partial charge is 0.333 e. The Balaban J connectivity index is 2.56. The highest BCUT2D eigenvalue weighted by Gasteiger charge is 2.05. The normalized spacial score (nSPS) is 11.8. The first-order valence-electron chi connectivity index (χ1n) is 4.32. The van der Waals surface area contributed by atoms with E-state index in [0.717, 1.165) is 6.42 Å². The van der Waals surface area contributed by atoms with Gasteiger partial charge in [-0.2, -0.15) is 0 Å². The fourth-order valence-electron chi connectivity index (χ4n) is 1.12. The summed E-state index contributed by atoms with van der Waals surface area (Å²) in [6.45, 7) is 2.10. The molecule has 1 aromatic heterocycles. The number of hydrogen-bond donors (Lipinski definition) is 0. The van der Waals surface area contributed by atoms with Crippen molar-refractivity contribution in [2.75, 3.05) is 7.05 Å². The third-order valence-corrected chi connectivity index (χ3v) is 2.12. The first kappa shape index (κ1) is 9.60. The summed E-state index contributed by atoms with van der Waals surface area (Å²) in [4.78, 5) is 5.92. The zero-order valence-corrected chi connectivity index (χ0v) is 8.07. The van der Waals surface area contributed by atoms with E-state index in [1.807, 2.05) is 24.2 Å². The number of aromatic nitrogens is 1. The van der Waals surface area contributed by atoms with Gasteiger partial charge in [-0.1, -0.05) is 12.5 Å². The van der Waals surface area contributed by atoms with E-state index >= 15 is 0 Å². The number of terminal acetylenes is 1. The van der Waals surface area contributed by atoms with Crippen molar-refractivity contribution in [2.24, 2.45) is 0 Å². The van der Waals surface area contributed by atoms with E-state index in [-0.39, 0.29) is 0 Å². The molecule has 0 N–H and O–H groups in total. The second-order valence-electron chi connectivity index (χ2n) is 3.15. The number of nitrogens with zero attached hydrogens (tertiary/aromatic N) is 2. The average Bonchev–Trinajstić information content (AvgIpc) is 2.18. The van der Waals surface area contributed by atoms with Crippen molar-refractivity contribution < 1.29 is 0 Å². The minimum absolute atomic E-state index is 0.356. The van der Waals surface area contributed by atoms with Crippen LogP contribution in [-0.4, -0.2) is 23.0 Å². The van der Waals surface area contributed by atoms with Gasteiger partial charge in [0.05, 0.1) is 0 Å². The Morgan fingerprint density at radius 3 is 3.00 bits per heavy atom. The summed E-state index contributed by atoms with van der Waals surface area (Å²) in [6.07, 6.45) is 9.88. The molecule has 68 valence electrons. The van der Waals surface area contributed by atoms with Gasteiger partial charge in [-0.05, 0) is 25.0 Å². The van der Waals surface area contributed by atoms with E-state index in [1.165, 1.54) is 5.56 Å². The van der Waals surface area contributed by atoms with Crippen molar-refractivity contribution in [3.8, 4) is 12.5 Å². The molecule has 0 bridgehead atoms. The van der Waals surface area contributed by atoms with Crippen molar-refractivity contribution in [3.63, 3.8) is 0 Å². The van der Waals surface area contributed by atoms with Crippen LogP contribution in [0.1, 0.15) is 12.5 Å². The number of hydrogen-bond acceptors (Lipinski definition) is 2. The summed E-state index contributed by atoms with van der Waals surface area (Å²) < 4.78 is 0. The second kappa shape index (κ2) is 4.51. The Morgan fingerprint density at radius 2 is 2.46 bits per heavy atom. The Hall–Kier alpha value is -1.49. The molecule has 0 aliphatic rings. The van der Waals surface area contributed by atoms with E-state index in [0.29, 0.717) is 6.04 Å². The monoisotopic (exact) mass is 174 g/mol. The van der Waals surface area contributed by atoms with Crippen molar-refractivity contribution >= 4 is 0 Å². The van der Waals surface area contributed by atoms with Crippen LogP contribution in [0.2, 0.25) is 0 Å². The standard InChI is InChI=1S/C11H14N2/c1-4-13(3)10(2)8-11-6-5-7-12-9-11/h1,5-7,9-10H,8H2,2-3H3. The van der Waals surface area contributed by atoms with Crippen LogP contribution in [0.15, 0.2) is 24.5 Å². The molecule has 0 radical (unpaired) electrons. The highest BCUT2D eigenvalue weighted by Crippen LogP contribution is 2.04. The molecule has 0 saturated heterocycles. The maximum atomic E-state index is 5.29. The summed E-state index contributed by atoms with van der Waals surface area (Å²) in [5, 5.41) is 0. The first-order chi connectivity index (χ1) is 6.24. The predicted molar refractivity (Wildman–Crippen MR) is 54.0 cm³/mol. The second-order valence-corrected chi connectivity index (χ2v) is 3.15. The van der Waals surface area contributed by atoms with Crippen LogP contribution < -0.4 is 0 Å². The summed E-state index contributed by atoms with van der Waals surface area (Å²) in [5.41, 5.74) is 1.22. The van der Waals surface area contributed by atoms with Crippen LogP contribution >= 0.6 is 0 Å². The maximum Gasteiger partial charge on any atom is 0.0380 e. The van der Waals surface area contributed by atoms with Crippen LogP contribution in [0.4, 0.5) is 0 Å². The van der Waals surface area contributed by atoms with E-state index in [1.54, 1.807) is 6.20 Å². The van der Waals surface area contributed by atoms with E-state index in [4.69, 9.17) is 6.42 Å². The minimum Gasteiger partial charge on any atom is -0.333 e. The van der Waals surface area contributed by atoms with Crippen LogP contribution in [0, 0.1) is 12.5 Å². The van der Waals surface area contributed by atoms with Crippen LogP contribution in [0.5, 0.6) is 0 Å². The highest BCUT2D eigenvalue weighted by molar-refractivity contribution is 5.10. The van der Waals surface area contributed by atoms with Gasteiger partial charge in [0.15, 0.2) is 0 Å². The fourth-order valence-corrected chi connectivity index (χ4v) is 1.12. The Kier molecular flexibility index (Phi) is 3.33. The smallest absolute Gasteiger partial charge is 0.0380 e. The summed E-state index contributed by atoms with van der Waals surface area (Å²) in [7, 11) is 1.92.